The van der Waals surface area contributed by atoms with E-state index in [2.05, 4.69) is 5.28 Å². The Morgan fingerprint density at radius 3 is 2.41 bits per heavy atom. The molecule has 0 spiro atoms. The summed E-state index contributed by atoms with van der Waals surface area (Å²) in [5.74, 6) is 0. The normalized spacial score (nSPS) is 20.0. The number of nitrogens with zero attached hydrogens (tertiary/aromatic N) is 4. The van der Waals surface area contributed by atoms with Crippen LogP contribution in [-0.2, 0) is 9.57 Å². The van der Waals surface area contributed by atoms with Gasteiger partial charge < -0.3 is 19.7 Å². The Morgan fingerprint density at radius 2 is 1.91 bits per heavy atom. The van der Waals surface area contributed by atoms with Crippen molar-refractivity contribution in [3.8, 4) is 0 Å². The fourth-order valence-corrected chi connectivity index (χ4v) is 1.72. The third kappa shape index (κ3) is 5.57. The van der Waals surface area contributed by atoms with Crippen molar-refractivity contribution in [3.05, 3.63) is 5.21 Å². The second kappa shape index (κ2) is 6.58. The van der Waals surface area contributed by atoms with Crippen molar-refractivity contribution in [1.29, 1.82) is 0 Å². The van der Waals surface area contributed by atoms with Crippen molar-refractivity contribution in [1.82, 2.24) is 9.91 Å². The molecule has 1 amide bonds. The Bertz CT molecular complexity index is 426. The van der Waals surface area contributed by atoms with Crippen molar-refractivity contribution in [2.24, 2.45) is 5.28 Å². The number of hydrogen-bond donors (Lipinski definition) is 0. The lowest BCUT2D eigenvalue weighted by molar-refractivity contribution is -0.720. The zero-order valence-electron chi connectivity index (χ0n) is 14.6. The van der Waals surface area contributed by atoms with E-state index in [-0.39, 0.29) is 17.7 Å². The number of likely N-dealkylation sites (tertiary alicyclic amines) is 1. The highest BCUT2D eigenvalue weighted by atomic mass is 16.7. The number of carbonyl (C=O) groups is 1. The molecule has 1 fully saturated rings. The van der Waals surface area contributed by atoms with Crippen molar-refractivity contribution >= 4 is 6.09 Å². The van der Waals surface area contributed by atoms with Gasteiger partial charge in [-0.15, -0.1) is 5.01 Å². The molecule has 1 heterocycles. The smallest absolute Gasteiger partial charge is 0.410 e. The van der Waals surface area contributed by atoms with E-state index in [1.165, 1.54) is 5.01 Å². The molecule has 0 N–H and O–H groups in total. The Hall–Kier alpha value is -1.73. The third-order valence-corrected chi connectivity index (χ3v) is 3.29. The standard InChI is InChI=1S/C14H28N4O4/c1-13(2,3)16(7)18(20)15-22-11-8-9-17(10-11)12(19)21-14(4,5)6/h11H,8-10H2,1-7H3/b18-15-/t11-/m0/s1. The highest BCUT2D eigenvalue weighted by Gasteiger charge is 2.32. The molecule has 8 heteroatoms. The van der Waals surface area contributed by atoms with Crippen LogP contribution in [0.25, 0.3) is 0 Å². The van der Waals surface area contributed by atoms with Crippen molar-refractivity contribution in [2.75, 3.05) is 20.1 Å². The molecule has 1 rings (SSSR count). The van der Waals surface area contributed by atoms with E-state index >= 15 is 0 Å². The van der Waals surface area contributed by atoms with Gasteiger partial charge in [0.15, 0.2) is 6.10 Å². The van der Waals surface area contributed by atoms with E-state index in [1.54, 1.807) is 11.9 Å². The van der Waals surface area contributed by atoms with Gasteiger partial charge in [-0.25, -0.2) is 4.79 Å². The van der Waals surface area contributed by atoms with Crippen LogP contribution < -0.4 is 0 Å². The fourth-order valence-electron chi connectivity index (χ4n) is 1.72. The topological polar surface area (TPSA) is 80.4 Å². The summed E-state index contributed by atoms with van der Waals surface area (Å²) in [5, 5.41) is 16.8. The van der Waals surface area contributed by atoms with Crippen LogP contribution in [-0.4, -0.2) is 58.4 Å². The minimum atomic E-state index is -0.526. The lowest BCUT2D eigenvalue weighted by Gasteiger charge is -2.26. The summed E-state index contributed by atoms with van der Waals surface area (Å²) in [7, 11) is 1.64. The minimum absolute atomic E-state index is 0.294. The summed E-state index contributed by atoms with van der Waals surface area (Å²) < 4.78 is 5.30. The molecule has 0 unspecified atom stereocenters. The molecule has 0 aromatic rings. The second-order valence-electron chi connectivity index (χ2n) is 7.47. The van der Waals surface area contributed by atoms with E-state index in [0.717, 1.165) is 0 Å². The molecule has 0 aliphatic carbocycles. The zero-order chi connectivity index (χ0) is 17.1. The molecule has 0 aromatic heterocycles. The van der Waals surface area contributed by atoms with E-state index in [0.29, 0.717) is 24.5 Å². The largest absolute Gasteiger partial charge is 0.569 e. The summed E-state index contributed by atoms with van der Waals surface area (Å²) in [6.45, 7) is 12.0. The summed E-state index contributed by atoms with van der Waals surface area (Å²) in [5.41, 5.74) is -0.880. The average Bonchev–Trinajstić information content (AvgIpc) is 2.80. The first-order valence-electron chi connectivity index (χ1n) is 7.46. The van der Waals surface area contributed by atoms with Crippen molar-refractivity contribution in [3.63, 3.8) is 0 Å². The van der Waals surface area contributed by atoms with Gasteiger partial charge in [0.25, 0.3) is 0 Å². The summed E-state index contributed by atoms with van der Waals surface area (Å²) in [6.07, 6.45) is -0.0442. The van der Waals surface area contributed by atoms with Gasteiger partial charge in [-0.2, -0.15) is 0 Å². The van der Waals surface area contributed by atoms with Gasteiger partial charge in [-0.05, 0) is 41.5 Å². The predicted octanol–water partition coefficient (Wildman–Crippen LogP) is 2.54. The van der Waals surface area contributed by atoms with Gasteiger partial charge in [0.1, 0.15) is 5.60 Å². The maximum atomic E-state index is 11.9. The minimum Gasteiger partial charge on any atom is -0.569 e. The molecular weight excluding hydrogens is 288 g/mol. The van der Waals surface area contributed by atoms with Crippen LogP contribution in [0.15, 0.2) is 5.28 Å². The Kier molecular flexibility index (Phi) is 5.48. The lowest BCUT2D eigenvalue weighted by atomic mass is 10.1. The molecule has 0 radical (unpaired) electrons. The molecular formula is C14H28N4O4. The zero-order valence-corrected chi connectivity index (χ0v) is 14.6. The molecule has 1 saturated heterocycles. The summed E-state index contributed by atoms with van der Waals surface area (Å²) in [6, 6.07) is 0. The maximum Gasteiger partial charge on any atom is 0.410 e. The molecule has 1 atom stereocenters. The van der Waals surface area contributed by atoms with Gasteiger partial charge in [0.05, 0.1) is 24.1 Å². The highest BCUT2D eigenvalue weighted by molar-refractivity contribution is 5.68. The molecule has 1 aliphatic rings. The highest BCUT2D eigenvalue weighted by Crippen LogP contribution is 2.18. The van der Waals surface area contributed by atoms with Crippen LogP contribution in [0.5, 0.6) is 0 Å². The molecule has 0 aromatic carbocycles. The number of hydrazine groups is 1. The van der Waals surface area contributed by atoms with Crippen LogP contribution in [0.3, 0.4) is 0 Å². The lowest BCUT2D eigenvalue weighted by Crippen LogP contribution is -2.42. The number of amides is 1. The number of ether oxygens (including phenoxy) is 1. The SMILES string of the molecule is CN(/[N+]([O-])=N/O[C@H]1CCN(C(=O)OC(C)(C)C)C1)C(C)(C)C. The predicted molar refractivity (Wildman–Crippen MR) is 80.9 cm³/mol. The van der Waals surface area contributed by atoms with Gasteiger partial charge in [-0.1, -0.05) is 0 Å². The van der Waals surface area contributed by atoms with Crippen LogP contribution >= 0.6 is 0 Å². The van der Waals surface area contributed by atoms with Crippen LogP contribution in [0.2, 0.25) is 0 Å². The Morgan fingerprint density at radius 1 is 1.32 bits per heavy atom. The fraction of sp³-hybridized carbons (Fsp3) is 0.929. The van der Waals surface area contributed by atoms with Gasteiger partial charge in [0.2, 0.25) is 5.28 Å². The average molecular weight is 316 g/mol. The number of hydrogen-bond acceptors (Lipinski definition) is 5. The van der Waals surface area contributed by atoms with Crippen LogP contribution in [0.4, 0.5) is 4.79 Å². The van der Waals surface area contributed by atoms with E-state index in [1.807, 2.05) is 41.5 Å². The van der Waals surface area contributed by atoms with Crippen LogP contribution in [0, 0.1) is 5.21 Å². The molecule has 1 aliphatic heterocycles. The first kappa shape index (κ1) is 18.3. The van der Waals surface area contributed by atoms with E-state index in [4.69, 9.17) is 9.57 Å². The molecule has 0 saturated carbocycles. The summed E-state index contributed by atoms with van der Waals surface area (Å²) in [4.78, 5) is 19.2. The van der Waals surface area contributed by atoms with Crippen molar-refractivity contribution < 1.29 is 19.3 Å². The van der Waals surface area contributed by atoms with Crippen molar-refractivity contribution in [2.45, 2.75) is 65.2 Å². The van der Waals surface area contributed by atoms with E-state index in [9.17, 15) is 10.0 Å². The Balaban J connectivity index is 2.49. The maximum absolute atomic E-state index is 11.9. The Labute approximate surface area is 132 Å². The third-order valence-electron chi connectivity index (χ3n) is 3.29. The van der Waals surface area contributed by atoms with Gasteiger partial charge in [-0.3, -0.25) is 0 Å². The molecule has 22 heavy (non-hydrogen) atoms. The number of rotatable bonds is 3. The second-order valence-corrected chi connectivity index (χ2v) is 7.47. The van der Waals surface area contributed by atoms with Gasteiger partial charge in [0, 0.05) is 13.0 Å². The number of carbonyl (C=O) groups excluding carboxylic acids is 1. The molecule has 0 bridgehead atoms. The molecule has 128 valence electrons. The molecule has 8 nitrogen and oxygen atoms in total. The van der Waals surface area contributed by atoms with Crippen LogP contribution in [0.1, 0.15) is 48.0 Å². The monoisotopic (exact) mass is 316 g/mol. The summed E-state index contributed by atoms with van der Waals surface area (Å²) >= 11 is 0. The first-order valence-corrected chi connectivity index (χ1v) is 7.46. The quantitative estimate of drug-likeness (QED) is 0.454. The first-order chi connectivity index (χ1) is 9.90. The van der Waals surface area contributed by atoms with Gasteiger partial charge >= 0.3 is 6.09 Å². The van der Waals surface area contributed by atoms with E-state index < -0.39 is 5.60 Å².